The van der Waals surface area contributed by atoms with Crippen molar-refractivity contribution in [3.8, 4) is 0 Å². The van der Waals surface area contributed by atoms with Crippen molar-refractivity contribution in [2.75, 3.05) is 24.6 Å². The van der Waals surface area contributed by atoms with Crippen LogP contribution in [-0.4, -0.2) is 24.6 Å². The minimum Gasteiger partial charge on any atom is -1.00 e. The summed E-state index contributed by atoms with van der Waals surface area (Å²) in [6.45, 7) is 18.2. The molecule has 4 aromatic rings. The summed E-state index contributed by atoms with van der Waals surface area (Å²) in [4.78, 5) is 0. The Balaban J connectivity index is 0. The number of allylic oxidation sites excluding steroid dienone is 8. The van der Waals surface area contributed by atoms with Gasteiger partial charge >= 0.3 is 52.4 Å². The van der Waals surface area contributed by atoms with Gasteiger partial charge in [-0.05, 0) is 63.2 Å². The zero-order chi connectivity index (χ0) is 40.4. The molecule has 2 aliphatic carbocycles. The minimum absolute atomic E-state index is 0. The third-order valence-electron chi connectivity index (χ3n) is 11.0. The molecular formula is C54H78Cl2P2Zr2-2. The van der Waals surface area contributed by atoms with Gasteiger partial charge in [-0.25, -0.2) is 23.3 Å². The molecule has 0 fully saturated rings. The number of benzene rings is 2. The third kappa shape index (κ3) is 23.1. The fraction of sp³-hybridized carbons (Fsp3) is 0.519. The molecule has 0 nitrogen and oxygen atoms in total. The molecule has 6 rings (SSSR count). The zero-order valence-electron chi connectivity index (χ0n) is 38.8. The molecule has 0 saturated heterocycles. The van der Waals surface area contributed by atoms with E-state index in [1.165, 1.54) is 134 Å². The Hall–Kier alpha value is -0.174. The van der Waals surface area contributed by atoms with Crippen LogP contribution < -0.4 is 35.4 Å². The van der Waals surface area contributed by atoms with Gasteiger partial charge in [-0.15, -0.1) is 93.5 Å². The summed E-state index contributed by atoms with van der Waals surface area (Å²) in [5.74, 6) is 1.45. The molecule has 0 aromatic heterocycles. The van der Waals surface area contributed by atoms with Gasteiger partial charge in [0.25, 0.3) is 0 Å². The van der Waals surface area contributed by atoms with Crippen LogP contribution in [0.25, 0.3) is 21.5 Å². The van der Waals surface area contributed by atoms with Crippen molar-refractivity contribution in [1.29, 1.82) is 0 Å². The predicted molar refractivity (Wildman–Crippen MR) is 260 cm³/mol. The van der Waals surface area contributed by atoms with E-state index in [1.54, 1.807) is 10.6 Å². The molecule has 0 heterocycles. The molecule has 0 saturated carbocycles. The van der Waals surface area contributed by atoms with Crippen LogP contribution in [-0.2, 0) is 52.4 Å². The number of hydrogen-bond donors (Lipinski definition) is 0. The second-order valence-electron chi connectivity index (χ2n) is 15.9. The molecule has 0 amide bonds. The number of fused-ring (bicyclic) bond motifs is 2. The van der Waals surface area contributed by atoms with Crippen LogP contribution in [0.4, 0.5) is 0 Å². The van der Waals surface area contributed by atoms with E-state index >= 15 is 0 Å². The van der Waals surface area contributed by atoms with E-state index in [1.807, 2.05) is 0 Å². The molecule has 4 aromatic carbocycles. The van der Waals surface area contributed by atoms with E-state index in [0.717, 1.165) is 24.7 Å². The van der Waals surface area contributed by atoms with Crippen LogP contribution >= 0.6 is 15.8 Å². The van der Waals surface area contributed by atoms with Crippen molar-refractivity contribution in [2.45, 2.75) is 145 Å². The Bertz CT molecular complexity index is 1540. The van der Waals surface area contributed by atoms with Gasteiger partial charge < -0.3 is 24.8 Å². The summed E-state index contributed by atoms with van der Waals surface area (Å²) < 4.78 is 0. The first kappa shape index (κ1) is 61.9. The van der Waals surface area contributed by atoms with Crippen LogP contribution in [0.15, 0.2) is 108 Å². The quantitative estimate of drug-likeness (QED) is 0.0611. The summed E-state index contributed by atoms with van der Waals surface area (Å²) in [7, 11) is 0.171. The first-order valence-electron chi connectivity index (χ1n) is 22.7. The van der Waals surface area contributed by atoms with E-state index in [9.17, 15) is 0 Å². The summed E-state index contributed by atoms with van der Waals surface area (Å²) in [6, 6.07) is 27.3. The molecule has 0 radical (unpaired) electrons. The first-order chi connectivity index (χ1) is 27.4. The summed E-state index contributed by atoms with van der Waals surface area (Å²) >= 11 is 0. The first-order valence-corrected chi connectivity index (χ1v) is 26.2. The van der Waals surface area contributed by atoms with E-state index in [-0.39, 0.29) is 93.1 Å². The van der Waals surface area contributed by atoms with E-state index < -0.39 is 0 Å². The van der Waals surface area contributed by atoms with Gasteiger partial charge in [0.15, 0.2) is 0 Å². The van der Waals surface area contributed by atoms with Gasteiger partial charge in [-0.1, -0.05) is 134 Å². The van der Waals surface area contributed by atoms with Crippen LogP contribution in [0.5, 0.6) is 0 Å². The molecule has 0 spiro atoms. The van der Waals surface area contributed by atoms with Crippen molar-refractivity contribution in [3.05, 3.63) is 120 Å². The van der Waals surface area contributed by atoms with E-state index in [4.69, 9.17) is 0 Å². The largest absolute Gasteiger partial charge is 2.00 e. The van der Waals surface area contributed by atoms with Gasteiger partial charge in [0.1, 0.15) is 0 Å². The molecule has 60 heavy (non-hydrogen) atoms. The van der Waals surface area contributed by atoms with Crippen LogP contribution in [0.2, 0.25) is 0 Å². The molecule has 0 aliphatic heterocycles. The maximum atomic E-state index is 3.35. The Morgan fingerprint density at radius 3 is 1.12 bits per heavy atom. The molecule has 2 aliphatic rings. The molecule has 2 atom stereocenters. The standard InChI is InChI=1S/2C17H24P.2C10H15.2ClH.2Zr/c2*1-3-5-11-18(12-6-4-2)17-13-15-9-7-8-10-16(15)14-17;2*1-3-6-9(2)10-7-4-5-8-10;;;;/h2*7-10,13-14H,3-6,11-12H2,1-2H3;2*4,7,9H,3,5-6H2,1-2H3;2*1H;;/q4*-1;;;2*+2/p-2. The van der Waals surface area contributed by atoms with Gasteiger partial charge in [0.2, 0.25) is 0 Å². The summed E-state index contributed by atoms with van der Waals surface area (Å²) in [5, 5.41) is 8.96. The SMILES string of the molecule is CCCC(C)C1=[C-]CC=C1.CCCC(C)C1=[C-]CC=C1.CCCCP(CCCC)c1cc2ccccc2[cH-]1.CCCCP(CCCC)c1cc2ccccc2[cH-]1.[Cl-].[Cl-].[Zr+2].[Zr+2]. The third-order valence-corrected chi connectivity index (χ3v) is 16.4. The zero-order valence-corrected chi connectivity index (χ0v) is 47.0. The molecule has 0 N–H and O–H groups in total. The molecule has 328 valence electrons. The fourth-order valence-corrected chi connectivity index (χ4v) is 13.0. The molecule has 0 bridgehead atoms. The van der Waals surface area contributed by atoms with Crippen molar-refractivity contribution in [2.24, 2.45) is 11.8 Å². The topological polar surface area (TPSA) is 0 Å². The smallest absolute Gasteiger partial charge is 1.00 e. The van der Waals surface area contributed by atoms with E-state index in [2.05, 4.69) is 165 Å². The number of rotatable bonds is 20. The van der Waals surface area contributed by atoms with Crippen LogP contribution in [0.3, 0.4) is 0 Å². The molecular weight excluding hydrogens is 964 g/mol. The Labute approximate surface area is 423 Å². The van der Waals surface area contributed by atoms with Crippen molar-refractivity contribution in [3.63, 3.8) is 0 Å². The van der Waals surface area contributed by atoms with Crippen LogP contribution in [0, 0.1) is 24.0 Å². The monoisotopic (exact) mass is 1040 g/mol. The normalized spacial score (nSPS) is 13.3. The number of halogens is 2. The van der Waals surface area contributed by atoms with Gasteiger partial charge in [-0.2, -0.15) is 24.3 Å². The average molecular weight is 1040 g/mol. The Kier molecular flexibility index (Phi) is 39.3. The van der Waals surface area contributed by atoms with Crippen molar-refractivity contribution >= 4 is 48.0 Å². The van der Waals surface area contributed by atoms with Gasteiger partial charge in [0.05, 0.1) is 0 Å². The Morgan fingerprint density at radius 2 is 0.850 bits per heavy atom. The minimum atomic E-state index is 0. The summed E-state index contributed by atoms with van der Waals surface area (Å²) in [6.07, 6.45) is 39.2. The molecule has 2 unspecified atom stereocenters. The maximum absolute atomic E-state index is 3.35. The summed E-state index contributed by atoms with van der Waals surface area (Å²) in [5.41, 5.74) is 2.84. The number of unbranched alkanes of at least 4 members (excludes halogenated alkanes) is 4. The second-order valence-corrected chi connectivity index (χ2v) is 20.9. The van der Waals surface area contributed by atoms with E-state index in [0.29, 0.717) is 0 Å². The predicted octanol–water partition coefficient (Wildman–Crippen LogP) is 10.8. The van der Waals surface area contributed by atoms with Crippen molar-refractivity contribution in [1.82, 2.24) is 0 Å². The average Bonchev–Trinajstić information content (AvgIpc) is 4.06. The van der Waals surface area contributed by atoms with Crippen LogP contribution in [0.1, 0.15) is 145 Å². The van der Waals surface area contributed by atoms with Gasteiger partial charge in [0, 0.05) is 0 Å². The molecule has 6 heteroatoms. The Morgan fingerprint density at radius 1 is 0.517 bits per heavy atom. The van der Waals surface area contributed by atoms with Crippen molar-refractivity contribution < 1.29 is 77.2 Å². The second kappa shape index (κ2) is 38.1. The maximum Gasteiger partial charge on any atom is 2.00 e. The number of hydrogen-bond acceptors (Lipinski definition) is 0. The fourth-order valence-electron chi connectivity index (χ4n) is 7.47. The van der Waals surface area contributed by atoms with Gasteiger partial charge in [-0.3, -0.25) is 12.2 Å².